The second-order valence-corrected chi connectivity index (χ2v) is 5.50. The first-order chi connectivity index (χ1) is 10.3. The molecule has 6 nitrogen and oxygen atoms in total. The number of nitrogens with zero attached hydrogens (tertiary/aromatic N) is 5. The van der Waals surface area contributed by atoms with Crippen LogP contribution in [0.5, 0.6) is 0 Å². The lowest BCUT2D eigenvalue weighted by atomic mass is 10.1. The summed E-state index contributed by atoms with van der Waals surface area (Å²) < 4.78 is 3.52. The highest BCUT2D eigenvalue weighted by atomic mass is 32.2. The maximum absolute atomic E-state index is 9.44. The molecule has 1 N–H and O–H groups in total. The fraction of sp³-hybridized carbons (Fsp3) is 0.214. The van der Waals surface area contributed by atoms with Gasteiger partial charge in [0.25, 0.3) is 0 Å². The fourth-order valence-corrected chi connectivity index (χ4v) is 3.10. The van der Waals surface area contributed by atoms with Crippen LogP contribution in [-0.4, -0.2) is 29.6 Å². The summed E-state index contributed by atoms with van der Waals surface area (Å²) in [6, 6.07) is 8.28. The van der Waals surface area contributed by atoms with Gasteiger partial charge in [0.2, 0.25) is 0 Å². The van der Waals surface area contributed by atoms with E-state index in [2.05, 4.69) is 34.2 Å². The standard InChI is InChI=1S/C14H15N5OS/c1-11-4-2-3-5-12(11)8-21-14-15-6-13(7-20)19(14)18-9-16-17-10-18/h2-6,9-10,20H,7-8H2,1H3. The molecular formula is C14H15N5OS. The predicted octanol–water partition coefficient (Wildman–Crippen LogP) is 1.88. The average molecular weight is 301 g/mol. The van der Waals surface area contributed by atoms with Gasteiger partial charge in [0, 0.05) is 5.75 Å². The summed E-state index contributed by atoms with van der Waals surface area (Å²) in [6.07, 6.45) is 4.83. The van der Waals surface area contributed by atoms with Crippen LogP contribution in [0.15, 0.2) is 48.3 Å². The van der Waals surface area contributed by atoms with Crippen LogP contribution < -0.4 is 0 Å². The number of aryl methyl sites for hydroxylation is 1. The lowest BCUT2D eigenvalue weighted by molar-refractivity contribution is 0.266. The molecule has 0 bridgehead atoms. The van der Waals surface area contributed by atoms with Crippen molar-refractivity contribution in [2.45, 2.75) is 24.4 Å². The first kappa shape index (κ1) is 13.8. The number of imidazole rings is 1. The van der Waals surface area contributed by atoms with Gasteiger partial charge in [-0.15, -0.1) is 10.2 Å². The Morgan fingerprint density at radius 3 is 2.67 bits per heavy atom. The Morgan fingerprint density at radius 2 is 1.95 bits per heavy atom. The van der Waals surface area contributed by atoms with Crippen LogP contribution in [0.4, 0.5) is 0 Å². The van der Waals surface area contributed by atoms with E-state index < -0.39 is 0 Å². The first-order valence-corrected chi connectivity index (χ1v) is 7.48. The number of benzene rings is 1. The van der Waals surface area contributed by atoms with Crippen LogP contribution in [0.2, 0.25) is 0 Å². The van der Waals surface area contributed by atoms with Crippen molar-refractivity contribution in [2.24, 2.45) is 0 Å². The molecule has 0 saturated heterocycles. The topological polar surface area (TPSA) is 68.8 Å². The lowest BCUT2D eigenvalue weighted by Crippen LogP contribution is -2.12. The highest BCUT2D eigenvalue weighted by molar-refractivity contribution is 7.98. The molecule has 0 atom stereocenters. The summed E-state index contributed by atoms with van der Waals surface area (Å²) in [6.45, 7) is 2.01. The number of hydrogen-bond donors (Lipinski definition) is 1. The first-order valence-electron chi connectivity index (χ1n) is 6.49. The number of aromatic nitrogens is 5. The van der Waals surface area contributed by atoms with Crippen molar-refractivity contribution in [1.29, 1.82) is 0 Å². The third kappa shape index (κ3) is 2.84. The summed E-state index contributed by atoms with van der Waals surface area (Å²) in [5.41, 5.74) is 3.23. The average Bonchev–Trinajstić information content (AvgIpc) is 3.15. The van der Waals surface area contributed by atoms with Crippen molar-refractivity contribution in [3.05, 3.63) is 59.9 Å². The Kier molecular flexibility index (Phi) is 4.03. The van der Waals surface area contributed by atoms with Gasteiger partial charge in [-0.1, -0.05) is 36.0 Å². The van der Waals surface area contributed by atoms with Gasteiger partial charge < -0.3 is 5.11 Å². The van der Waals surface area contributed by atoms with E-state index in [1.807, 2.05) is 16.8 Å². The third-order valence-electron chi connectivity index (χ3n) is 3.19. The van der Waals surface area contributed by atoms with Gasteiger partial charge in [-0.2, -0.15) is 0 Å². The number of rotatable bonds is 5. The van der Waals surface area contributed by atoms with Crippen molar-refractivity contribution < 1.29 is 5.11 Å². The Hall–Kier alpha value is -2.12. The fourth-order valence-electron chi connectivity index (χ4n) is 2.03. The highest BCUT2D eigenvalue weighted by Crippen LogP contribution is 2.24. The summed E-state index contributed by atoms with van der Waals surface area (Å²) in [4.78, 5) is 4.38. The molecule has 2 aromatic heterocycles. The molecule has 3 aromatic rings. The van der Waals surface area contributed by atoms with Gasteiger partial charge in [-0.3, -0.25) is 0 Å². The maximum atomic E-state index is 9.44. The van der Waals surface area contributed by atoms with Gasteiger partial charge in [0.05, 0.1) is 18.5 Å². The molecule has 2 heterocycles. The van der Waals surface area contributed by atoms with E-state index in [0.717, 1.165) is 10.9 Å². The normalized spacial score (nSPS) is 11.0. The molecule has 0 radical (unpaired) electrons. The Labute approximate surface area is 126 Å². The zero-order valence-electron chi connectivity index (χ0n) is 11.5. The highest BCUT2D eigenvalue weighted by Gasteiger charge is 2.12. The van der Waals surface area contributed by atoms with Crippen LogP contribution in [0.25, 0.3) is 0 Å². The van der Waals surface area contributed by atoms with Crippen LogP contribution in [0.3, 0.4) is 0 Å². The summed E-state index contributed by atoms with van der Waals surface area (Å²) >= 11 is 1.61. The summed E-state index contributed by atoms with van der Waals surface area (Å²) in [5, 5.41) is 17.8. The number of aliphatic hydroxyl groups excluding tert-OH is 1. The largest absolute Gasteiger partial charge is 0.390 e. The molecule has 0 aliphatic carbocycles. The van der Waals surface area contributed by atoms with E-state index in [9.17, 15) is 5.11 Å². The van der Waals surface area contributed by atoms with Crippen LogP contribution in [0, 0.1) is 6.92 Å². The molecule has 3 rings (SSSR count). The number of thioether (sulfide) groups is 1. The SMILES string of the molecule is Cc1ccccc1CSc1ncc(CO)n1-n1cnnc1. The monoisotopic (exact) mass is 301 g/mol. The molecule has 0 spiro atoms. The molecule has 0 saturated carbocycles. The van der Waals surface area contributed by atoms with Gasteiger partial charge in [0.15, 0.2) is 5.16 Å². The quantitative estimate of drug-likeness (QED) is 0.729. The van der Waals surface area contributed by atoms with Crippen LogP contribution in [0.1, 0.15) is 16.8 Å². The van der Waals surface area contributed by atoms with Crippen LogP contribution >= 0.6 is 11.8 Å². The van der Waals surface area contributed by atoms with Crippen molar-refractivity contribution in [1.82, 2.24) is 24.5 Å². The summed E-state index contributed by atoms with van der Waals surface area (Å²) in [7, 11) is 0. The molecule has 21 heavy (non-hydrogen) atoms. The van der Waals surface area contributed by atoms with Gasteiger partial charge in [-0.05, 0) is 18.1 Å². The Bertz CT molecular complexity index is 723. The molecule has 0 aliphatic rings. The Balaban J connectivity index is 1.86. The molecule has 0 aliphatic heterocycles. The van der Waals surface area contributed by atoms with E-state index in [1.54, 1.807) is 35.3 Å². The molecule has 0 fully saturated rings. The molecule has 108 valence electrons. The molecule has 0 amide bonds. The maximum Gasteiger partial charge on any atom is 0.188 e. The van der Waals surface area contributed by atoms with Crippen molar-refractivity contribution in [3.8, 4) is 0 Å². The zero-order chi connectivity index (χ0) is 14.7. The van der Waals surface area contributed by atoms with Crippen molar-refractivity contribution in [3.63, 3.8) is 0 Å². The third-order valence-corrected chi connectivity index (χ3v) is 4.19. The minimum atomic E-state index is -0.0872. The van der Waals surface area contributed by atoms with E-state index in [-0.39, 0.29) is 6.61 Å². The predicted molar refractivity (Wildman–Crippen MR) is 79.7 cm³/mol. The van der Waals surface area contributed by atoms with Crippen molar-refractivity contribution >= 4 is 11.8 Å². The lowest BCUT2D eigenvalue weighted by Gasteiger charge is -2.10. The minimum Gasteiger partial charge on any atom is -0.390 e. The Morgan fingerprint density at radius 1 is 1.19 bits per heavy atom. The molecular weight excluding hydrogens is 286 g/mol. The van der Waals surface area contributed by atoms with E-state index >= 15 is 0 Å². The van der Waals surface area contributed by atoms with Gasteiger partial charge >= 0.3 is 0 Å². The van der Waals surface area contributed by atoms with E-state index in [4.69, 9.17) is 0 Å². The zero-order valence-corrected chi connectivity index (χ0v) is 12.4. The van der Waals surface area contributed by atoms with Gasteiger partial charge in [0.1, 0.15) is 12.7 Å². The van der Waals surface area contributed by atoms with Crippen molar-refractivity contribution in [2.75, 3.05) is 0 Å². The molecule has 1 aromatic carbocycles. The minimum absolute atomic E-state index is 0.0872. The smallest absolute Gasteiger partial charge is 0.188 e. The number of hydrogen-bond acceptors (Lipinski definition) is 5. The second kappa shape index (κ2) is 6.11. The van der Waals surface area contributed by atoms with Crippen LogP contribution in [-0.2, 0) is 12.4 Å². The second-order valence-electron chi connectivity index (χ2n) is 4.56. The van der Waals surface area contributed by atoms with E-state index in [1.165, 1.54) is 11.1 Å². The molecule has 7 heteroatoms. The van der Waals surface area contributed by atoms with E-state index in [0.29, 0.717) is 5.69 Å². The summed E-state index contributed by atoms with van der Waals surface area (Å²) in [5.74, 6) is 0.816. The number of aliphatic hydroxyl groups is 1. The van der Waals surface area contributed by atoms with Gasteiger partial charge in [-0.25, -0.2) is 14.3 Å². The molecule has 0 unspecified atom stereocenters.